The molecule has 9 heteroatoms. The maximum atomic E-state index is 14.3. The number of carbonyl (C=O) groups is 1. The number of amides is 1. The predicted molar refractivity (Wildman–Crippen MR) is 87.8 cm³/mol. The lowest BCUT2D eigenvalue weighted by atomic mass is 10.0. The molecule has 0 bridgehead atoms. The predicted octanol–water partition coefficient (Wildman–Crippen LogP) is 3.40. The summed E-state index contributed by atoms with van der Waals surface area (Å²) in [6.07, 6.45) is 0.106. The minimum atomic E-state index is -4.78. The van der Waals surface area contributed by atoms with E-state index in [4.69, 9.17) is 0 Å². The first-order chi connectivity index (χ1) is 12.7. The van der Waals surface area contributed by atoms with Gasteiger partial charge < -0.3 is 4.74 Å². The molecule has 0 spiro atoms. The monoisotopic (exact) mass is 380 g/mol. The Labute approximate surface area is 151 Å². The zero-order chi connectivity index (χ0) is 19.6. The number of alkyl halides is 3. The second-order valence-corrected chi connectivity index (χ2v) is 5.69. The van der Waals surface area contributed by atoms with E-state index in [0.717, 1.165) is 18.2 Å². The summed E-state index contributed by atoms with van der Waals surface area (Å²) in [5.41, 5.74) is 3.23. The van der Waals surface area contributed by atoms with E-state index in [1.54, 1.807) is 30.3 Å². The Kier molecular flexibility index (Phi) is 4.85. The Morgan fingerprint density at radius 2 is 1.78 bits per heavy atom. The van der Waals surface area contributed by atoms with Crippen molar-refractivity contribution >= 4 is 5.91 Å². The van der Waals surface area contributed by atoms with Crippen LogP contribution in [0.2, 0.25) is 0 Å². The second kappa shape index (κ2) is 7.10. The van der Waals surface area contributed by atoms with Crippen molar-refractivity contribution in [3.63, 3.8) is 0 Å². The van der Waals surface area contributed by atoms with Gasteiger partial charge in [-0.15, -0.1) is 17.8 Å². The van der Waals surface area contributed by atoms with E-state index in [0.29, 0.717) is 11.1 Å². The zero-order valence-corrected chi connectivity index (χ0v) is 14.0. The molecule has 1 aromatic heterocycles. The number of aromatic nitrogens is 2. The summed E-state index contributed by atoms with van der Waals surface area (Å²) in [4.78, 5) is 12.2. The Bertz CT molecular complexity index is 965. The number of benzene rings is 2. The molecule has 0 unspecified atom stereocenters. The van der Waals surface area contributed by atoms with Crippen LogP contribution in [0.4, 0.5) is 17.6 Å². The van der Waals surface area contributed by atoms with Gasteiger partial charge in [-0.3, -0.25) is 4.79 Å². The van der Waals surface area contributed by atoms with Gasteiger partial charge in [0.05, 0.1) is 12.6 Å². The van der Waals surface area contributed by atoms with Crippen LogP contribution in [0.3, 0.4) is 0 Å². The molecular formula is C18H14F4N3O2+. The van der Waals surface area contributed by atoms with Crippen LogP contribution in [0.15, 0.2) is 61.2 Å². The molecule has 27 heavy (non-hydrogen) atoms. The first kappa shape index (κ1) is 18.4. The fraction of sp³-hybridized carbons (Fsp3) is 0.111. The molecule has 0 atom stereocenters. The standard InChI is InChI=1S/C18H13F4N3O2/c1-24-8-9-25(11-24)23-17(26)15-7-4-13(10-16(15)19)12-2-5-14(6-3-12)27-18(20,21)22/h2-11H,1H3/p+1. The highest BCUT2D eigenvalue weighted by Crippen LogP contribution is 2.27. The van der Waals surface area contributed by atoms with Gasteiger partial charge in [-0.2, -0.15) is 5.43 Å². The van der Waals surface area contributed by atoms with E-state index in [2.05, 4.69) is 10.2 Å². The molecule has 0 aliphatic rings. The van der Waals surface area contributed by atoms with Crippen LogP contribution in [-0.4, -0.2) is 16.9 Å². The van der Waals surface area contributed by atoms with E-state index in [9.17, 15) is 22.4 Å². The third kappa shape index (κ3) is 4.63. The number of rotatable bonds is 4. The van der Waals surface area contributed by atoms with Gasteiger partial charge in [0.1, 0.15) is 17.8 Å². The largest absolute Gasteiger partial charge is 0.573 e. The fourth-order valence-electron chi connectivity index (χ4n) is 2.42. The highest BCUT2D eigenvalue weighted by molar-refractivity contribution is 6.00. The summed E-state index contributed by atoms with van der Waals surface area (Å²) in [6, 6.07) is 8.96. The summed E-state index contributed by atoms with van der Waals surface area (Å²) in [7, 11) is 1.77. The molecule has 0 aliphatic heterocycles. The van der Waals surface area contributed by atoms with Gasteiger partial charge in [-0.25, -0.2) is 8.96 Å². The number of hydrogen-bond donors (Lipinski definition) is 1. The van der Waals surface area contributed by atoms with Crippen molar-refractivity contribution in [2.75, 3.05) is 5.43 Å². The van der Waals surface area contributed by atoms with Gasteiger partial charge in [0.15, 0.2) is 6.20 Å². The van der Waals surface area contributed by atoms with Crippen LogP contribution in [0, 0.1) is 5.82 Å². The average Bonchev–Trinajstić information content (AvgIpc) is 2.98. The molecular weight excluding hydrogens is 366 g/mol. The van der Waals surface area contributed by atoms with Crippen molar-refractivity contribution < 1.29 is 31.7 Å². The lowest BCUT2D eigenvalue weighted by Gasteiger charge is -2.10. The normalized spacial score (nSPS) is 11.3. The molecule has 1 heterocycles. The molecule has 140 valence electrons. The number of aryl methyl sites for hydroxylation is 1. The van der Waals surface area contributed by atoms with Gasteiger partial charge in [0.2, 0.25) is 0 Å². The third-order valence-electron chi connectivity index (χ3n) is 3.63. The molecule has 2 aromatic carbocycles. The Morgan fingerprint density at radius 1 is 1.11 bits per heavy atom. The summed E-state index contributed by atoms with van der Waals surface area (Å²) >= 11 is 0. The van der Waals surface area contributed by atoms with Gasteiger partial charge >= 0.3 is 6.36 Å². The number of halogens is 4. The number of imidazole rings is 1. The smallest absolute Gasteiger partial charge is 0.406 e. The van der Waals surface area contributed by atoms with Gasteiger partial charge in [-0.1, -0.05) is 18.2 Å². The van der Waals surface area contributed by atoms with Gasteiger partial charge in [-0.05, 0) is 35.4 Å². The number of nitrogens with zero attached hydrogens (tertiary/aromatic N) is 2. The molecule has 0 aliphatic carbocycles. The van der Waals surface area contributed by atoms with Gasteiger partial charge in [0, 0.05) is 0 Å². The number of ether oxygens (including phenoxy) is 1. The van der Waals surface area contributed by atoms with Crippen LogP contribution in [0.5, 0.6) is 5.75 Å². The molecule has 1 N–H and O–H groups in total. The lowest BCUT2D eigenvalue weighted by molar-refractivity contribution is -0.670. The van der Waals surface area contributed by atoms with E-state index >= 15 is 0 Å². The fourth-order valence-corrected chi connectivity index (χ4v) is 2.42. The van der Waals surface area contributed by atoms with Crippen LogP contribution < -0.4 is 14.7 Å². The highest BCUT2D eigenvalue weighted by atomic mass is 19.4. The Morgan fingerprint density at radius 3 is 2.33 bits per heavy atom. The summed E-state index contributed by atoms with van der Waals surface area (Å²) < 4.78 is 57.8. The van der Waals surface area contributed by atoms with Crippen LogP contribution in [0.1, 0.15) is 10.4 Å². The van der Waals surface area contributed by atoms with Crippen molar-refractivity contribution in [1.29, 1.82) is 0 Å². The van der Waals surface area contributed by atoms with E-state index in [1.165, 1.54) is 28.9 Å². The molecule has 3 aromatic rings. The summed E-state index contributed by atoms with van der Waals surface area (Å²) in [6.45, 7) is 0. The second-order valence-electron chi connectivity index (χ2n) is 5.69. The molecule has 0 fully saturated rings. The number of carbonyl (C=O) groups excluding carboxylic acids is 1. The van der Waals surface area contributed by atoms with Crippen molar-refractivity contribution in [2.24, 2.45) is 7.05 Å². The van der Waals surface area contributed by atoms with E-state index < -0.39 is 18.1 Å². The topological polar surface area (TPSA) is 47.1 Å². The molecule has 0 radical (unpaired) electrons. The molecule has 5 nitrogen and oxygen atoms in total. The Hall–Kier alpha value is -3.36. The summed E-state index contributed by atoms with van der Waals surface area (Å²) in [5, 5.41) is 0. The zero-order valence-electron chi connectivity index (χ0n) is 14.0. The first-order valence-electron chi connectivity index (χ1n) is 7.71. The molecule has 0 saturated heterocycles. The van der Waals surface area contributed by atoms with E-state index in [1.807, 2.05) is 0 Å². The third-order valence-corrected chi connectivity index (χ3v) is 3.63. The number of nitrogens with one attached hydrogen (secondary N) is 1. The summed E-state index contributed by atoms with van der Waals surface area (Å²) in [5.74, 6) is -1.76. The first-order valence-corrected chi connectivity index (χ1v) is 7.71. The van der Waals surface area contributed by atoms with Crippen molar-refractivity contribution in [3.8, 4) is 16.9 Å². The molecule has 3 rings (SSSR count). The number of hydrogen-bond acceptors (Lipinski definition) is 2. The van der Waals surface area contributed by atoms with Crippen molar-refractivity contribution in [3.05, 3.63) is 72.6 Å². The average molecular weight is 380 g/mol. The van der Waals surface area contributed by atoms with Crippen LogP contribution in [0.25, 0.3) is 11.1 Å². The maximum Gasteiger partial charge on any atom is 0.573 e. The van der Waals surface area contributed by atoms with Crippen LogP contribution >= 0.6 is 0 Å². The van der Waals surface area contributed by atoms with Crippen LogP contribution in [-0.2, 0) is 7.05 Å². The molecule has 0 saturated carbocycles. The highest BCUT2D eigenvalue weighted by Gasteiger charge is 2.31. The quantitative estimate of drug-likeness (QED) is 0.557. The minimum Gasteiger partial charge on any atom is -0.406 e. The maximum absolute atomic E-state index is 14.3. The van der Waals surface area contributed by atoms with Crippen molar-refractivity contribution in [2.45, 2.75) is 6.36 Å². The lowest BCUT2D eigenvalue weighted by Crippen LogP contribution is -2.28. The SMILES string of the molecule is C[n+]1ccn(NC(=O)c2ccc(-c3ccc(OC(F)(F)F)cc3)cc2F)c1. The van der Waals surface area contributed by atoms with Crippen molar-refractivity contribution in [1.82, 2.24) is 4.68 Å². The van der Waals surface area contributed by atoms with E-state index in [-0.39, 0.29) is 11.3 Å². The molecule has 1 amide bonds. The van der Waals surface area contributed by atoms with Gasteiger partial charge in [0.25, 0.3) is 12.2 Å². The Balaban J connectivity index is 1.77. The minimum absolute atomic E-state index is 0.160.